The first-order valence-corrected chi connectivity index (χ1v) is 5.74. The number of esters is 1. The van der Waals surface area contributed by atoms with Gasteiger partial charge in [-0.05, 0) is 26.7 Å². The van der Waals surface area contributed by atoms with Crippen LogP contribution in [0.15, 0.2) is 0 Å². The van der Waals surface area contributed by atoms with E-state index in [1.54, 1.807) is 13.8 Å². The average Bonchev–Trinajstić information content (AvgIpc) is 2.33. The molecule has 0 spiro atoms. The monoisotopic (exact) mass is 212 g/mol. The van der Waals surface area contributed by atoms with Gasteiger partial charge in [-0.15, -0.1) is 0 Å². The van der Waals surface area contributed by atoms with Gasteiger partial charge in [0.15, 0.2) is 5.78 Å². The van der Waals surface area contributed by atoms with Crippen LogP contribution >= 0.6 is 0 Å². The van der Waals surface area contributed by atoms with Crippen molar-refractivity contribution in [2.24, 2.45) is 11.3 Å². The van der Waals surface area contributed by atoms with Crippen LogP contribution in [0.1, 0.15) is 46.5 Å². The first-order chi connectivity index (χ1) is 7.02. The Kier molecular flexibility index (Phi) is 3.89. The van der Waals surface area contributed by atoms with Crippen molar-refractivity contribution < 1.29 is 14.3 Å². The highest BCUT2D eigenvalue weighted by Crippen LogP contribution is 2.35. The van der Waals surface area contributed by atoms with Crippen LogP contribution in [0.2, 0.25) is 0 Å². The van der Waals surface area contributed by atoms with Crippen molar-refractivity contribution in [3.8, 4) is 0 Å². The van der Waals surface area contributed by atoms with E-state index in [0.717, 1.165) is 19.3 Å². The van der Waals surface area contributed by atoms with Crippen LogP contribution < -0.4 is 0 Å². The SMILES string of the molecule is CCOC(=O)C1(C)CCCCC(C)C1=O. The molecule has 0 saturated heterocycles. The summed E-state index contributed by atoms with van der Waals surface area (Å²) in [5, 5.41) is 0. The van der Waals surface area contributed by atoms with Gasteiger partial charge < -0.3 is 4.74 Å². The van der Waals surface area contributed by atoms with Crippen molar-refractivity contribution in [3.05, 3.63) is 0 Å². The highest BCUT2D eigenvalue weighted by atomic mass is 16.5. The van der Waals surface area contributed by atoms with Gasteiger partial charge in [0.2, 0.25) is 0 Å². The average molecular weight is 212 g/mol. The predicted molar refractivity (Wildman–Crippen MR) is 57.4 cm³/mol. The third-order valence-corrected chi connectivity index (χ3v) is 3.28. The molecule has 0 bridgehead atoms. The van der Waals surface area contributed by atoms with Gasteiger partial charge >= 0.3 is 5.97 Å². The summed E-state index contributed by atoms with van der Waals surface area (Å²) in [6.45, 7) is 5.75. The quantitative estimate of drug-likeness (QED) is 0.401. The molecule has 1 rings (SSSR count). The smallest absolute Gasteiger partial charge is 0.319 e. The second-order valence-electron chi connectivity index (χ2n) is 4.56. The molecule has 0 aromatic rings. The molecule has 2 unspecified atom stereocenters. The lowest BCUT2D eigenvalue weighted by atomic mass is 9.78. The van der Waals surface area contributed by atoms with Crippen LogP contribution in [0, 0.1) is 11.3 Å². The fourth-order valence-corrected chi connectivity index (χ4v) is 2.22. The summed E-state index contributed by atoms with van der Waals surface area (Å²) in [5.41, 5.74) is -0.897. The zero-order valence-corrected chi connectivity index (χ0v) is 9.84. The molecular weight excluding hydrogens is 192 g/mol. The Labute approximate surface area is 91.2 Å². The number of carbonyl (C=O) groups is 2. The molecule has 0 aromatic carbocycles. The van der Waals surface area contributed by atoms with Crippen molar-refractivity contribution in [2.45, 2.75) is 46.5 Å². The number of rotatable bonds is 2. The highest BCUT2D eigenvalue weighted by Gasteiger charge is 2.44. The predicted octanol–water partition coefficient (Wildman–Crippen LogP) is 2.33. The van der Waals surface area contributed by atoms with Gasteiger partial charge in [-0.1, -0.05) is 19.8 Å². The number of ether oxygens (including phenoxy) is 1. The Balaban J connectivity index is 2.87. The van der Waals surface area contributed by atoms with Crippen LogP contribution in [0.25, 0.3) is 0 Å². The van der Waals surface area contributed by atoms with E-state index in [2.05, 4.69) is 0 Å². The lowest BCUT2D eigenvalue weighted by Gasteiger charge is -2.25. The Morgan fingerprint density at radius 1 is 1.53 bits per heavy atom. The summed E-state index contributed by atoms with van der Waals surface area (Å²) >= 11 is 0. The Hall–Kier alpha value is -0.860. The van der Waals surface area contributed by atoms with E-state index in [9.17, 15) is 9.59 Å². The summed E-state index contributed by atoms with van der Waals surface area (Å²) in [6, 6.07) is 0. The summed E-state index contributed by atoms with van der Waals surface area (Å²) in [6.07, 6.45) is 3.50. The third-order valence-electron chi connectivity index (χ3n) is 3.28. The molecule has 0 N–H and O–H groups in total. The maximum absolute atomic E-state index is 12.1. The van der Waals surface area contributed by atoms with E-state index in [4.69, 9.17) is 4.74 Å². The standard InChI is InChI=1S/C12H20O3/c1-4-15-11(14)12(3)8-6-5-7-9(2)10(12)13/h9H,4-8H2,1-3H3. The lowest BCUT2D eigenvalue weighted by Crippen LogP contribution is -2.39. The first kappa shape index (κ1) is 12.2. The van der Waals surface area contributed by atoms with E-state index in [1.165, 1.54) is 0 Å². The first-order valence-electron chi connectivity index (χ1n) is 5.74. The second-order valence-corrected chi connectivity index (χ2v) is 4.56. The van der Waals surface area contributed by atoms with Crippen LogP contribution in [-0.2, 0) is 14.3 Å². The Morgan fingerprint density at radius 3 is 2.80 bits per heavy atom. The normalized spacial score (nSPS) is 32.2. The zero-order valence-electron chi connectivity index (χ0n) is 9.84. The van der Waals surface area contributed by atoms with Gasteiger partial charge in [0.1, 0.15) is 5.41 Å². The van der Waals surface area contributed by atoms with Crippen molar-refractivity contribution in [1.29, 1.82) is 0 Å². The molecule has 1 aliphatic carbocycles. The maximum atomic E-state index is 12.1. The summed E-state index contributed by atoms with van der Waals surface area (Å²) < 4.78 is 5.00. The molecule has 0 radical (unpaired) electrons. The molecule has 2 atom stereocenters. The third kappa shape index (κ3) is 2.39. The molecule has 3 nitrogen and oxygen atoms in total. The van der Waals surface area contributed by atoms with Crippen molar-refractivity contribution in [2.75, 3.05) is 6.61 Å². The number of Topliss-reactive ketones (excluding diaryl/α,β-unsaturated/α-hetero) is 1. The van der Waals surface area contributed by atoms with Crippen LogP contribution in [0.4, 0.5) is 0 Å². The van der Waals surface area contributed by atoms with Crippen LogP contribution in [0.5, 0.6) is 0 Å². The van der Waals surface area contributed by atoms with E-state index in [1.807, 2.05) is 6.92 Å². The number of carbonyl (C=O) groups excluding carboxylic acids is 2. The van der Waals surface area contributed by atoms with Crippen LogP contribution in [0.3, 0.4) is 0 Å². The number of ketones is 1. The van der Waals surface area contributed by atoms with Gasteiger partial charge in [0.05, 0.1) is 6.61 Å². The van der Waals surface area contributed by atoms with E-state index in [-0.39, 0.29) is 17.7 Å². The van der Waals surface area contributed by atoms with Crippen molar-refractivity contribution in [1.82, 2.24) is 0 Å². The maximum Gasteiger partial charge on any atom is 0.319 e. The fraction of sp³-hybridized carbons (Fsp3) is 0.833. The molecule has 0 aromatic heterocycles. The van der Waals surface area contributed by atoms with Crippen molar-refractivity contribution in [3.63, 3.8) is 0 Å². The van der Waals surface area contributed by atoms with E-state index < -0.39 is 5.41 Å². The topological polar surface area (TPSA) is 43.4 Å². The van der Waals surface area contributed by atoms with Gasteiger partial charge in [0.25, 0.3) is 0 Å². The zero-order chi connectivity index (χ0) is 11.5. The van der Waals surface area contributed by atoms with Crippen molar-refractivity contribution >= 4 is 11.8 Å². The summed E-state index contributed by atoms with van der Waals surface area (Å²) in [7, 11) is 0. The molecule has 15 heavy (non-hydrogen) atoms. The highest BCUT2D eigenvalue weighted by molar-refractivity contribution is 6.04. The summed E-state index contributed by atoms with van der Waals surface area (Å²) in [5.74, 6) is -0.302. The molecule has 1 aliphatic rings. The lowest BCUT2D eigenvalue weighted by molar-refractivity contribution is -0.160. The molecule has 86 valence electrons. The number of hydrogen-bond acceptors (Lipinski definition) is 3. The molecule has 0 amide bonds. The minimum atomic E-state index is -0.897. The van der Waals surface area contributed by atoms with Gasteiger partial charge in [-0.3, -0.25) is 9.59 Å². The number of hydrogen-bond donors (Lipinski definition) is 0. The molecular formula is C12H20O3. The molecule has 1 fully saturated rings. The van der Waals surface area contributed by atoms with E-state index in [0.29, 0.717) is 13.0 Å². The minimum Gasteiger partial charge on any atom is -0.465 e. The molecule has 3 heteroatoms. The fourth-order valence-electron chi connectivity index (χ4n) is 2.22. The van der Waals surface area contributed by atoms with Gasteiger partial charge in [-0.25, -0.2) is 0 Å². The molecule has 0 heterocycles. The Morgan fingerprint density at radius 2 is 2.20 bits per heavy atom. The molecule has 0 aliphatic heterocycles. The van der Waals surface area contributed by atoms with E-state index >= 15 is 0 Å². The Bertz CT molecular complexity index is 260. The summed E-state index contributed by atoms with van der Waals surface area (Å²) in [4.78, 5) is 23.9. The van der Waals surface area contributed by atoms with Gasteiger partial charge in [-0.2, -0.15) is 0 Å². The van der Waals surface area contributed by atoms with Gasteiger partial charge in [0, 0.05) is 5.92 Å². The second kappa shape index (κ2) is 4.77. The minimum absolute atomic E-state index is 0.0121. The largest absolute Gasteiger partial charge is 0.465 e. The van der Waals surface area contributed by atoms with Crippen LogP contribution in [-0.4, -0.2) is 18.4 Å². The molecule has 1 saturated carbocycles.